The quantitative estimate of drug-likeness (QED) is 0.477. The van der Waals surface area contributed by atoms with E-state index < -0.39 is 0 Å². The topological polar surface area (TPSA) is 101 Å². The number of nitrogens with one attached hydrogen (secondary N) is 1. The Morgan fingerprint density at radius 1 is 1.03 bits per heavy atom. The Labute approximate surface area is 224 Å². The van der Waals surface area contributed by atoms with Gasteiger partial charge in [-0.05, 0) is 55.7 Å². The Hall–Kier alpha value is -2.98. The van der Waals surface area contributed by atoms with Crippen LogP contribution >= 0.6 is 0 Å². The monoisotopic (exact) mass is 523 g/mol. The number of fused-ring (bicyclic) bond motifs is 1. The van der Waals surface area contributed by atoms with Gasteiger partial charge in [-0.1, -0.05) is 26.2 Å². The first-order valence-corrected chi connectivity index (χ1v) is 13.9. The minimum atomic E-state index is -0.370. The zero-order valence-electron chi connectivity index (χ0n) is 23.4. The highest BCUT2D eigenvalue weighted by Crippen LogP contribution is 2.35. The molecule has 0 amide bonds. The van der Waals surface area contributed by atoms with Gasteiger partial charge in [-0.2, -0.15) is 0 Å². The summed E-state index contributed by atoms with van der Waals surface area (Å²) in [5.41, 5.74) is 0.902. The fourth-order valence-electron chi connectivity index (χ4n) is 6.00. The zero-order chi connectivity index (χ0) is 26.9. The molecule has 3 aromatic rings. The Kier molecular flexibility index (Phi) is 7.72. The molecule has 2 fully saturated rings. The van der Waals surface area contributed by atoms with Crippen LogP contribution in [0.25, 0.3) is 10.9 Å². The maximum atomic E-state index is 13.7. The number of hydrogen-bond acceptors (Lipinski definition) is 8. The maximum absolute atomic E-state index is 13.7. The van der Waals surface area contributed by atoms with Crippen LogP contribution in [0.1, 0.15) is 76.7 Å². The Morgan fingerprint density at radius 2 is 1.71 bits per heavy atom. The van der Waals surface area contributed by atoms with Crippen LogP contribution in [0.15, 0.2) is 23.0 Å². The number of tetrazole rings is 1. The summed E-state index contributed by atoms with van der Waals surface area (Å²) in [5, 5.41) is 13.9. The molecule has 10 heteroatoms. The molecule has 10 nitrogen and oxygen atoms in total. The summed E-state index contributed by atoms with van der Waals surface area (Å²) < 4.78 is 12.9. The van der Waals surface area contributed by atoms with Gasteiger partial charge in [0.25, 0.3) is 5.56 Å². The molecule has 1 aliphatic heterocycles. The van der Waals surface area contributed by atoms with Crippen LogP contribution in [0.3, 0.4) is 0 Å². The second-order valence-corrected chi connectivity index (χ2v) is 11.2. The van der Waals surface area contributed by atoms with E-state index in [0.717, 1.165) is 38.0 Å². The first-order chi connectivity index (χ1) is 18.4. The van der Waals surface area contributed by atoms with E-state index in [9.17, 15) is 4.79 Å². The van der Waals surface area contributed by atoms with Crippen molar-refractivity contribution in [2.45, 2.75) is 76.9 Å². The number of hydrogen-bond donors (Lipinski definition) is 1. The molecule has 0 bridgehead atoms. The van der Waals surface area contributed by atoms with Crippen molar-refractivity contribution < 1.29 is 9.47 Å². The molecule has 1 saturated carbocycles. The van der Waals surface area contributed by atoms with Gasteiger partial charge in [0, 0.05) is 49.2 Å². The third kappa shape index (κ3) is 5.03. The summed E-state index contributed by atoms with van der Waals surface area (Å²) in [4.78, 5) is 21.8. The molecule has 2 aromatic heterocycles. The van der Waals surface area contributed by atoms with E-state index in [-0.39, 0.29) is 17.1 Å². The summed E-state index contributed by atoms with van der Waals surface area (Å²) in [7, 11) is 3.21. The van der Waals surface area contributed by atoms with E-state index in [2.05, 4.69) is 51.1 Å². The van der Waals surface area contributed by atoms with Crippen LogP contribution in [-0.2, 0) is 5.54 Å². The number of ether oxygens (including phenoxy) is 2. The molecule has 206 valence electrons. The van der Waals surface area contributed by atoms with E-state index in [4.69, 9.17) is 9.47 Å². The minimum absolute atomic E-state index is 0.145. The second kappa shape index (κ2) is 11.0. The highest BCUT2D eigenvalue weighted by molar-refractivity contribution is 5.83. The number of rotatable bonds is 8. The molecule has 1 N–H and O–H groups in total. The van der Waals surface area contributed by atoms with Gasteiger partial charge in [0.15, 0.2) is 17.3 Å². The highest BCUT2D eigenvalue weighted by atomic mass is 16.5. The molecule has 2 aliphatic rings. The van der Waals surface area contributed by atoms with Crippen molar-refractivity contribution in [2.24, 2.45) is 0 Å². The number of aromatic nitrogens is 5. The van der Waals surface area contributed by atoms with Gasteiger partial charge in [-0.15, -0.1) is 5.10 Å². The lowest BCUT2D eigenvalue weighted by molar-refractivity contribution is 0.0603. The van der Waals surface area contributed by atoms with Crippen molar-refractivity contribution in [1.29, 1.82) is 0 Å². The summed E-state index contributed by atoms with van der Waals surface area (Å²) in [5.74, 6) is 1.90. The lowest BCUT2D eigenvalue weighted by Gasteiger charge is -2.43. The van der Waals surface area contributed by atoms with Gasteiger partial charge in [0.05, 0.1) is 25.3 Å². The Bertz CT molecular complexity index is 1300. The van der Waals surface area contributed by atoms with Gasteiger partial charge in [0.1, 0.15) is 6.04 Å². The van der Waals surface area contributed by atoms with Crippen molar-refractivity contribution >= 4 is 10.9 Å². The Morgan fingerprint density at radius 3 is 2.37 bits per heavy atom. The molecule has 0 unspecified atom stereocenters. The number of nitrogens with zero attached hydrogens (tertiary/aromatic N) is 6. The summed E-state index contributed by atoms with van der Waals surface area (Å²) in [6.07, 6.45) is 7.46. The third-order valence-electron chi connectivity index (χ3n) is 8.65. The van der Waals surface area contributed by atoms with E-state index >= 15 is 0 Å². The van der Waals surface area contributed by atoms with E-state index in [1.807, 2.05) is 22.9 Å². The van der Waals surface area contributed by atoms with Crippen molar-refractivity contribution in [2.75, 3.05) is 40.4 Å². The van der Waals surface area contributed by atoms with Gasteiger partial charge in [0.2, 0.25) is 0 Å². The molecule has 0 radical (unpaired) electrons. The standard InChI is InChI=1S/C28H41N7O3/c1-6-28(2,3)35-26(30-31-32-35)25(34-14-12-33(13-15-34)20-10-8-7-9-11-20)21-16-19-17-23(37-4)24(38-5)18-22(19)29-27(21)36/h16-18,20,25H,6-15H2,1-5H3,(H,29,36)/t25-/m1/s1. The molecular formula is C28H41N7O3. The number of methoxy groups -OCH3 is 2. The molecule has 1 aromatic carbocycles. The Balaban J connectivity index is 1.56. The first kappa shape index (κ1) is 26.6. The van der Waals surface area contributed by atoms with Crippen LogP contribution in [-0.4, -0.2) is 81.4 Å². The lowest BCUT2D eigenvalue weighted by atomic mass is 9.93. The number of pyridine rings is 1. The van der Waals surface area contributed by atoms with Crippen molar-refractivity contribution in [3.63, 3.8) is 0 Å². The predicted molar refractivity (Wildman–Crippen MR) is 147 cm³/mol. The highest BCUT2D eigenvalue weighted by Gasteiger charge is 2.36. The average Bonchev–Trinajstić information content (AvgIpc) is 3.44. The van der Waals surface area contributed by atoms with E-state index in [1.165, 1.54) is 32.1 Å². The van der Waals surface area contributed by atoms with E-state index in [1.54, 1.807) is 14.2 Å². The van der Waals surface area contributed by atoms with Crippen LogP contribution in [0.5, 0.6) is 11.5 Å². The number of piperazine rings is 1. The molecule has 3 heterocycles. The van der Waals surface area contributed by atoms with Gasteiger partial charge in [-0.3, -0.25) is 14.6 Å². The number of H-pyrrole nitrogens is 1. The maximum Gasteiger partial charge on any atom is 0.253 e. The van der Waals surface area contributed by atoms with Crippen LogP contribution in [0.2, 0.25) is 0 Å². The fourth-order valence-corrected chi connectivity index (χ4v) is 6.00. The summed E-state index contributed by atoms with van der Waals surface area (Å²) >= 11 is 0. The summed E-state index contributed by atoms with van der Waals surface area (Å²) in [6, 6.07) is 5.99. The van der Waals surface area contributed by atoms with Gasteiger partial charge >= 0.3 is 0 Å². The van der Waals surface area contributed by atoms with Crippen LogP contribution in [0.4, 0.5) is 0 Å². The average molecular weight is 524 g/mol. The third-order valence-corrected chi connectivity index (χ3v) is 8.65. The van der Waals surface area contributed by atoms with Gasteiger partial charge < -0.3 is 14.5 Å². The largest absolute Gasteiger partial charge is 0.493 e. The van der Waals surface area contributed by atoms with Crippen molar-refractivity contribution in [3.8, 4) is 11.5 Å². The molecule has 1 aliphatic carbocycles. The van der Waals surface area contributed by atoms with Crippen LogP contribution < -0.4 is 15.0 Å². The molecular weight excluding hydrogens is 482 g/mol. The molecule has 1 atom stereocenters. The first-order valence-electron chi connectivity index (χ1n) is 13.9. The zero-order valence-corrected chi connectivity index (χ0v) is 23.4. The van der Waals surface area contributed by atoms with E-state index in [0.29, 0.717) is 34.4 Å². The second-order valence-electron chi connectivity index (χ2n) is 11.2. The smallest absolute Gasteiger partial charge is 0.253 e. The lowest BCUT2D eigenvalue weighted by Crippen LogP contribution is -2.52. The SMILES string of the molecule is CCC(C)(C)n1nnnc1[C@@H](c1cc2cc(OC)c(OC)cc2[nH]c1=O)N1CCN(C2CCCCC2)CC1. The number of benzene rings is 1. The van der Waals surface area contributed by atoms with Crippen molar-refractivity contribution in [1.82, 2.24) is 35.0 Å². The molecule has 5 rings (SSSR count). The molecule has 38 heavy (non-hydrogen) atoms. The fraction of sp³-hybridized carbons (Fsp3) is 0.643. The molecule has 0 spiro atoms. The van der Waals surface area contributed by atoms with Crippen LogP contribution in [0, 0.1) is 0 Å². The minimum Gasteiger partial charge on any atom is -0.493 e. The predicted octanol–water partition coefficient (Wildman–Crippen LogP) is 3.72. The summed E-state index contributed by atoms with van der Waals surface area (Å²) in [6.45, 7) is 10.1. The number of aromatic amines is 1. The normalized spacial score (nSPS) is 19.1. The molecule has 1 saturated heterocycles. The van der Waals surface area contributed by atoms with Gasteiger partial charge in [-0.25, -0.2) is 4.68 Å². The van der Waals surface area contributed by atoms with Crippen molar-refractivity contribution in [3.05, 3.63) is 39.9 Å².